The molecule has 4 aromatic rings. The minimum absolute atomic E-state index is 0.0448. The van der Waals surface area contributed by atoms with Gasteiger partial charge in [-0.15, -0.1) is 5.10 Å². The number of hydrogen-bond acceptors (Lipinski definition) is 8. The largest absolute Gasteiger partial charge is 0.483 e. The second-order valence-electron chi connectivity index (χ2n) is 7.41. The fraction of sp³-hybridized carbons (Fsp3) is 0.273. The van der Waals surface area contributed by atoms with Gasteiger partial charge in [0.1, 0.15) is 11.8 Å². The number of carboxylic acid groups (broad SMARTS) is 1. The first-order valence-corrected chi connectivity index (χ1v) is 10.5. The molecular formula is C22H23N7O4. The molecule has 0 saturated carbocycles. The lowest BCUT2D eigenvalue weighted by Gasteiger charge is -2.21. The number of tetrazole rings is 1. The lowest BCUT2D eigenvalue weighted by atomic mass is 10.1. The van der Waals surface area contributed by atoms with Crippen LogP contribution in [0.5, 0.6) is 0 Å². The van der Waals surface area contributed by atoms with Gasteiger partial charge in [-0.25, -0.2) is 4.68 Å². The lowest BCUT2D eigenvalue weighted by molar-refractivity contribution is -0.122. The first kappa shape index (κ1) is 21.9. The summed E-state index contributed by atoms with van der Waals surface area (Å²) in [5.41, 5.74) is 3.36. The smallest absolute Gasteiger partial charge is 0.298 e. The molecule has 1 N–H and O–H groups in total. The number of hydrogen-bond donors (Lipinski definition) is 1. The highest BCUT2D eigenvalue weighted by Crippen LogP contribution is 2.23. The summed E-state index contributed by atoms with van der Waals surface area (Å²) in [6.07, 6.45) is 2.43. The lowest BCUT2D eigenvalue weighted by Crippen LogP contribution is -2.35. The van der Waals surface area contributed by atoms with Gasteiger partial charge in [-0.05, 0) is 46.7 Å². The summed E-state index contributed by atoms with van der Waals surface area (Å²) in [6, 6.07) is 16.0. The van der Waals surface area contributed by atoms with Crippen LogP contribution in [-0.2, 0) is 11.3 Å². The minimum Gasteiger partial charge on any atom is -0.483 e. The molecule has 11 heteroatoms. The molecule has 0 spiro atoms. The molecule has 1 saturated heterocycles. The molecule has 3 heterocycles. The van der Waals surface area contributed by atoms with Crippen molar-refractivity contribution in [3.8, 4) is 0 Å². The molecule has 0 aliphatic carbocycles. The van der Waals surface area contributed by atoms with Crippen LogP contribution in [0.1, 0.15) is 22.3 Å². The van der Waals surface area contributed by atoms with Crippen LogP contribution in [0.25, 0.3) is 11.1 Å². The number of carbonyl (C=O) groups is 2. The van der Waals surface area contributed by atoms with Crippen molar-refractivity contribution in [2.24, 2.45) is 0 Å². The Hall–Kier alpha value is -4.28. The van der Waals surface area contributed by atoms with Gasteiger partial charge in [0.05, 0.1) is 6.54 Å². The third-order valence-electron chi connectivity index (χ3n) is 5.27. The van der Waals surface area contributed by atoms with Crippen molar-refractivity contribution >= 4 is 29.5 Å². The number of benzene rings is 2. The zero-order valence-corrected chi connectivity index (χ0v) is 17.8. The van der Waals surface area contributed by atoms with E-state index in [-0.39, 0.29) is 12.4 Å². The zero-order valence-electron chi connectivity index (χ0n) is 17.8. The van der Waals surface area contributed by atoms with E-state index in [2.05, 4.69) is 25.4 Å². The first-order valence-electron chi connectivity index (χ1n) is 10.5. The minimum atomic E-state index is -0.250. The fourth-order valence-corrected chi connectivity index (χ4v) is 3.68. The molecule has 1 aliphatic rings. The van der Waals surface area contributed by atoms with Crippen molar-refractivity contribution in [3.63, 3.8) is 0 Å². The second-order valence-corrected chi connectivity index (χ2v) is 7.41. The standard InChI is InChI=1S/C21H21N7O2.CH2O2/c29-20(17-8-6-16(7-9-17)14-28-15-22-24-25-28)26-10-3-11-27(13-12-26)21-23-18-4-1-2-5-19(18)30-21;2-1-3/h1-2,4-9,15H,3,10-14H2;1H,(H,2,3). The van der Waals surface area contributed by atoms with E-state index in [1.54, 1.807) is 11.0 Å². The van der Waals surface area contributed by atoms with Crippen LogP contribution in [0.15, 0.2) is 59.3 Å². The molecule has 0 radical (unpaired) electrons. The van der Waals surface area contributed by atoms with Crippen LogP contribution in [0.3, 0.4) is 0 Å². The van der Waals surface area contributed by atoms with Gasteiger partial charge in [-0.1, -0.05) is 24.3 Å². The zero-order chi connectivity index (χ0) is 23.0. The van der Waals surface area contributed by atoms with E-state index < -0.39 is 0 Å². The van der Waals surface area contributed by atoms with Gasteiger partial charge in [0.15, 0.2) is 5.58 Å². The van der Waals surface area contributed by atoms with Crippen LogP contribution >= 0.6 is 0 Å². The Balaban J connectivity index is 0.000000821. The van der Waals surface area contributed by atoms with Crippen LogP contribution < -0.4 is 4.90 Å². The van der Waals surface area contributed by atoms with Crippen molar-refractivity contribution in [2.75, 3.05) is 31.1 Å². The summed E-state index contributed by atoms with van der Waals surface area (Å²) in [5.74, 6) is 0.0448. The Bertz CT molecular complexity index is 1160. The van der Waals surface area contributed by atoms with E-state index in [1.165, 1.54) is 0 Å². The quantitative estimate of drug-likeness (QED) is 0.464. The monoisotopic (exact) mass is 449 g/mol. The number of oxazole rings is 1. The molecule has 1 aliphatic heterocycles. The fourth-order valence-electron chi connectivity index (χ4n) is 3.68. The molecule has 5 rings (SSSR count). The van der Waals surface area contributed by atoms with Crippen molar-refractivity contribution in [1.82, 2.24) is 30.1 Å². The van der Waals surface area contributed by atoms with Gasteiger partial charge < -0.3 is 19.3 Å². The molecule has 11 nitrogen and oxygen atoms in total. The maximum atomic E-state index is 13.0. The average Bonchev–Trinajstić information content (AvgIpc) is 3.43. The van der Waals surface area contributed by atoms with E-state index >= 15 is 0 Å². The van der Waals surface area contributed by atoms with Gasteiger partial charge in [0, 0.05) is 31.7 Å². The number of rotatable bonds is 4. The van der Waals surface area contributed by atoms with Gasteiger partial charge in [-0.3, -0.25) is 9.59 Å². The topological polar surface area (TPSA) is 130 Å². The van der Waals surface area contributed by atoms with Crippen LogP contribution in [0, 0.1) is 0 Å². The summed E-state index contributed by atoms with van der Waals surface area (Å²) in [5, 5.41) is 18.0. The Morgan fingerprint density at radius 1 is 1.06 bits per heavy atom. The highest BCUT2D eigenvalue weighted by atomic mass is 16.4. The third-order valence-corrected chi connectivity index (χ3v) is 5.27. The van der Waals surface area contributed by atoms with Gasteiger partial charge in [-0.2, -0.15) is 4.98 Å². The number of carbonyl (C=O) groups excluding carboxylic acids is 1. The van der Waals surface area contributed by atoms with Crippen LogP contribution in [-0.4, -0.2) is 73.8 Å². The molecule has 170 valence electrons. The molecule has 2 aromatic carbocycles. The predicted molar refractivity (Wildman–Crippen MR) is 119 cm³/mol. The molecule has 1 amide bonds. The normalized spacial score (nSPS) is 13.8. The molecule has 0 bridgehead atoms. The van der Waals surface area contributed by atoms with Gasteiger partial charge >= 0.3 is 0 Å². The molecule has 1 fully saturated rings. The van der Waals surface area contributed by atoms with Crippen molar-refractivity contribution in [1.29, 1.82) is 0 Å². The second kappa shape index (κ2) is 10.4. The highest BCUT2D eigenvalue weighted by Gasteiger charge is 2.22. The highest BCUT2D eigenvalue weighted by molar-refractivity contribution is 5.94. The predicted octanol–water partition coefficient (Wildman–Crippen LogP) is 1.92. The van der Waals surface area contributed by atoms with E-state index in [0.717, 1.165) is 29.6 Å². The van der Waals surface area contributed by atoms with Crippen LogP contribution in [0.4, 0.5) is 6.01 Å². The number of amides is 1. The van der Waals surface area contributed by atoms with E-state index in [1.807, 2.05) is 53.4 Å². The number of fused-ring (bicyclic) bond motifs is 1. The van der Waals surface area contributed by atoms with Gasteiger partial charge in [0.2, 0.25) is 0 Å². The van der Waals surface area contributed by atoms with E-state index in [4.69, 9.17) is 14.3 Å². The summed E-state index contributed by atoms with van der Waals surface area (Å²) in [6.45, 7) is 3.16. The first-order chi connectivity index (χ1) is 16.2. The summed E-state index contributed by atoms with van der Waals surface area (Å²) < 4.78 is 7.54. The summed E-state index contributed by atoms with van der Waals surface area (Å²) in [4.78, 5) is 30.0. The Morgan fingerprint density at radius 3 is 2.58 bits per heavy atom. The Kier molecular flexibility index (Phi) is 6.88. The number of aromatic nitrogens is 5. The van der Waals surface area contributed by atoms with E-state index in [9.17, 15) is 4.79 Å². The van der Waals surface area contributed by atoms with E-state index in [0.29, 0.717) is 37.8 Å². The SMILES string of the molecule is O=C(c1ccc(Cn2cnnn2)cc1)N1CCCN(c2nc3ccccc3o2)CC1.O=CO. The van der Waals surface area contributed by atoms with Crippen molar-refractivity contribution in [3.05, 3.63) is 66.0 Å². The number of para-hydroxylation sites is 2. The maximum absolute atomic E-state index is 13.0. The molecule has 2 aromatic heterocycles. The van der Waals surface area contributed by atoms with Crippen LogP contribution in [0.2, 0.25) is 0 Å². The van der Waals surface area contributed by atoms with Gasteiger partial charge in [0.25, 0.3) is 18.4 Å². The van der Waals surface area contributed by atoms with Crippen molar-refractivity contribution < 1.29 is 19.1 Å². The summed E-state index contributed by atoms with van der Waals surface area (Å²) >= 11 is 0. The van der Waals surface area contributed by atoms with Crippen molar-refractivity contribution in [2.45, 2.75) is 13.0 Å². The summed E-state index contributed by atoms with van der Waals surface area (Å²) in [7, 11) is 0. The number of anilines is 1. The Labute approximate surface area is 189 Å². The third kappa shape index (κ3) is 5.32. The number of nitrogens with zero attached hydrogens (tertiary/aromatic N) is 7. The maximum Gasteiger partial charge on any atom is 0.298 e. The molecular weight excluding hydrogens is 426 g/mol. The Morgan fingerprint density at radius 2 is 1.85 bits per heavy atom. The molecule has 0 unspecified atom stereocenters. The molecule has 33 heavy (non-hydrogen) atoms. The molecule has 0 atom stereocenters. The average molecular weight is 449 g/mol.